The third-order valence-electron chi connectivity index (χ3n) is 2.81. The molecular weight excluding hydrogens is 270 g/mol. The topological polar surface area (TPSA) is 91.3 Å². The standard InChI is InChI=1S/C15H15N3O3/c19-14(20)9-13(11-5-2-1-3-6-11)18-15(21)17-12-7-4-8-16-10-12/h1-8,10,13H,9H2,(H,19,20)(H2,17,18,21). The minimum absolute atomic E-state index is 0.190. The number of anilines is 1. The first kappa shape index (κ1) is 14.5. The van der Waals surface area contributed by atoms with Crippen molar-refractivity contribution in [3.8, 4) is 0 Å². The van der Waals surface area contributed by atoms with Crippen LogP contribution in [0.1, 0.15) is 18.0 Å². The molecule has 0 aliphatic heterocycles. The maximum atomic E-state index is 11.9. The first-order chi connectivity index (χ1) is 10.1. The maximum absolute atomic E-state index is 11.9. The van der Waals surface area contributed by atoms with Crippen LogP contribution in [0.25, 0.3) is 0 Å². The maximum Gasteiger partial charge on any atom is 0.319 e. The fourth-order valence-electron chi connectivity index (χ4n) is 1.87. The lowest BCUT2D eigenvalue weighted by atomic mass is 10.0. The number of nitrogens with zero attached hydrogens (tertiary/aromatic N) is 1. The summed E-state index contributed by atoms with van der Waals surface area (Å²) in [4.78, 5) is 26.8. The van der Waals surface area contributed by atoms with Crippen LogP contribution in [0.15, 0.2) is 54.9 Å². The zero-order valence-electron chi connectivity index (χ0n) is 11.2. The van der Waals surface area contributed by atoms with Gasteiger partial charge < -0.3 is 15.7 Å². The van der Waals surface area contributed by atoms with Crippen LogP contribution in [0.4, 0.5) is 10.5 Å². The molecule has 0 bridgehead atoms. The minimum Gasteiger partial charge on any atom is -0.481 e. The molecule has 0 saturated heterocycles. The van der Waals surface area contributed by atoms with Crippen molar-refractivity contribution in [3.63, 3.8) is 0 Å². The number of aromatic nitrogens is 1. The number of amides is 2. The number of carboxylic acid groups (broad SMARTS) is 1. The summed E-state index contributed by atoms with van der Waals surface area (Å²) in [6.07, 6.45) is 2.92. The monoisotopic (exact) mass is 285 g/mol. The molecule has 0 spiro atoms. The highest BCUT2D eigenvalue weighted by molar-refractivity contribution is 5.89. The Kier molecular flexibility index (Phi) is 4.87. The fraction of sp³-hybridized carbons (Fsp3) is 0.133. The molecule has 2 rings (SSSR count). The van der Waals surface area contributed by atoms with E-state index in [1.165, 1.54) is 6.20 Å². The predicted octanol–water partition coefficient (Wildman–Crippen LogP) is 2.42. The van der Waals surface area contributed by atoms with Crippen LogP contribution in [0, 0.1) is 0 Å². The van der Waals surface area contributed by atoms with Gasteiger partial charge in [-0.15, -0.1) is 0 Å². The molecule has 6 nitrogen and oxygen atoms in total. The summed E-state index contributed by atoms with van der Waals surface area (Å²) in [6.45, 7) is 0. The quantitative estimate of drug-likeness (QED) is 0.786. The minimum atomic E-state index is -0.981. The first-order valence-corrected chi connectivity index (χ1v) is 6.39. The predicted molar refractivity (Wildman–Crippen MR) is 77.8 cm³/mol. The van der Waals surface area contributed by atoms with Gasteiger partial charge in [0.1, 0.15) is 0 Å². The highest BCUT2D eigenvalue weighted by Gasteiger charge is 2.17. The van der Waals surface area contributed by atoms with Crippen molar-refractivity contribution in [1.82, 2.24) is 10.3 Å². The largest absolute Gasteiger partial charge is 0.481 e. The Morgan fingerprint density at radius 1 is 1.14 bits per heavy atom. The molecule has 21 heavy (non-hydrogen) atoms. The van der Waals surface area contributed by atoms with Gasteiger partial charge in [-0.25, -0.2) is 4.79 Å². The number of hydrogen-bond acceptors (Lipinski definition) is 3. The summed E-state index contributed by atoms with van der Waals surface area (Å²) in [5.74, 6) is -0.981. The molecule has 1 heterocycles. The summed E-state index contributed by atoms with van der Waals surface area (Å²) in [6, 6.07) is 11.3. The summed E-state index contributed by atoms with van der Waals surface area (Å²) in [7, 11) is 0. The average Bonchev–Trinajstić information content (AvgIpc) is 2.48. The summed E-state index contributed by atoms with van der Waals surface area (Å²) in [5, 5.41) is 14.2. The molecule has 1 aromatic heterocycles. The Morgan fingerprint density at radius 3 is 2.52 bits per heavy atom. The van der Waals surface area contributed by atoms with Crippen LogP contribution in [0.3, 0.4) is 0 Å². The van der Waals surface area contributed by atoms with Crippen molar-refractivity contribution < 1.29 is 14.7 Å². The number of nitrogens with one attached hydrogen (secondary N) is 2. The number of carbonyl (C=O) groups excluding carboxylic acids is 1. The van der Waals surface area contributed by atoms with Gasteiger partial charge in [0.25, 0.3) is 0 Å². The second-order valence-electron chi connectivity index (χ2n) is 4.40. The Labute approximate surface area is 121 Å². The van der Waals surface area contributed by atoms with Gasteiger partial charge in [-0.05, 0) is 17.7 Å². The average molecular weight is 285 g/mol. The van der Waals surface area contributed by atoms with Crippen LogP contribution >= 0.6 is 0 Å². The molecule has 2 aromatic rings. The van der Waals surface area contributed by atoms with Crippen molar-refractivity contribution in [2.24, 2.45) is 0 Å². The fourth-order valence-corrected chi connectivity index (χ4v) is 1.87. The number of carboxylic acids is 1. The molecule has 3 N–H and O–H groups in total. The lowest BCUT2D eigenvalue weighted by Gasteiger charge is -2.17. The van der Waals surface area contributed by atoms with Crippen molar-refractivity contribution in [2.45, 2.75) is 12.5 Å². The van der Waals surface area contributed by atoms with E-state index >= 15 is 0 Å². The Hall–Kier alpha value is -2.89. The van der Waals surface area contributed by atoms with E-state index in [9.17, 15) is 9.59 Å². The van der Waals surface area contributed by atoms with Gasteiger partial charge in [-0.2, -0.15) is 0 Å². The van der Waals surface area contributed by atoms with Gasteiger partial charge in [0.2, 0.25) is 0 Å². The molecule has 0 saturated carbocycles. The van der Waals surface area contributed by atoms with E-state index in [0.717, 1.165) is 5.56 Å². The van der Waals surface area contributed by atoms with Crippen molar-refractivity contribution in [2.75, 3.05) is 5.32 Å². The van der Waals surface area contributed by atoms with Gasteiger partial charge in [0.05, 0.1) is 24.3 Å². The number of urea groups is 1. The van der Waals surface area contributed by atoms with Crippen LogP contribution in [0.5, 0.6) is 0 Å². The molecule has 108 valence electrons. The Morgan fingerprint density at radius 2 is 1.90 bits per heavy atom. The Bertz CT molecular complexity index is 602. The van der Waals surface area contributed by atoms with Crippen molar-refractivity contribution in [3.05, 3.63) is 60.4 Å². The van der Waals surface area contributed by atoms with Gasteiger partial charge in [-0.3, -0.25) is 9.78 Å². The third kappa shape index (κ3) is 4.61. The first-order valence-electron chi connectivity index (χ1n) is 6.39. The molecule has 2 amide bonds. The summed E-state index contributed by atoms with van der Waals surface area (Å²) >= 11 is 0. The molecule has 1 unspecified atom stereocenters. The van der Waals surface area contributed by atoms with Crippen molar-refractivity contribution >= 4 is 17.7 Å². The molecule has 6 heteroatoms. The van der Waals surface area contributed by atoms with E-state index in [1.807, 2.05) is 6.07 Å². The molecule has 1 atom stereocenters. The number of aliphatic carboxylic acids is 1. The van der Waals surface area contributed by atoms with Gasteiger partial charge in [0, 0.05) is 6.20 Å². The Balaban J connectivity index is 2.05. The zero-order chi connectivity index (χ0) is 15.1. The highest BCUT2D eigenvalue weighted by atomic mass is 16.4. The van der Waals surface area contributed by atoms with E-state index in [1.54, 1.807) is 42.6 Å². The number of hydrogen-bond donors (Lipinski definition) is 3. The lowest BCUT2D eigenvalue weighted by molar-refractivity contribution is -0.137. The highest BCUT2D eigenvalue weighted by Crippen LogP contribution is 2.16. The lowest BCUT2D eigenvalue weighted by Crippen LogP contribution is -2.33. The van der Waals surface area contributed by atoms with E-state index in [4.69, 9.17) is 5.11 Å². The smallest absolute Gasteiger partial charge is 0.319 e. The number of carbonyl (C=O) groups is 2. The normalized spacial score (nSPS) is 11.4. The van der Waals surface area contributed by atoms with Crippen LogP contribution < -0.4 is 10.6 Å². The third-order valence-corrected chi connectivity index (χ3v) is 2.81. The molecule has 0 aliphatic carbocycles. The number of pyridine rings is 1. The van der Waals surface area contributed by atoms with Gasteiger partial charge in [-0.1, -0.05) is 30.3 Å². The summed E-state index contributed by atoms with van der Waals surface area (Å²) in [5.41, 5.74) is 1.28. The van der Waals surface area contributed by atoms with Crippen LogP contribution in [-0.2, 0) is 4.79 Å². The SMILES string of the molecule is O=C(O)CC(NC(=O)Nc1cccnc1)c1ccccc1. The van der Waals surface area contributed by atoms with Crippen LogP contribution in [-0.4, -0.2) is 22.1 Å². The van der Waals surface area contributed by atoms with E-state index < -0.39 is 18.0 Å². The molecule has 1 aromatic carbocycles. The van der Waals surface area contributed by atoms with Gasteiger partial charge >= 0.3 is 12.0 Å². The zero-order valence-corrected chi connectivity index (χ0v) is 11.2. The van der Waals surface area contributed by atoms with Crippen molar-refractivity contribution in [1.29, 1.82) is 0 Å². The van der Waals surface area contributed by atoms with Crippen LogP contribution in [0.2, 0.25) is 0 Å². The second-order valence-corrected chi connectivity index (χ2v) is 4.40. The van der Waals surface area contributed by atoms with E-state index in [-0.39, 0.29) is 6.42 Å². The molecule has 0 aliphatic rings. The molecular formula is C15H15N3O3. The number of benzene rings is 1. The second kappa shape index (κ2) is 7.04. The number of rotatable bonds is 5. The summed E-state index contributed by atoms with van der Waals surface area (Å²) < 4.78 is 0. The van der Waals surface area contributed by atoms with Gasteiger partial charge in [0.15, 0.2) is 0 Å². The molecule has 0 fully saturated rings. The van der Waals surface area contributed by atoms with E-state index in [0.29, 0.717) is 5.69 Å². The molecule has 0 radical (unpaired) electrons. The van der Waals surface area contributed by atoms with E-state index in [2.05, 4.69) is 15.6 Å².